The van der Waals surface area contributed by atoms with E-state index in [4.69, 9.17) is 4.42 Å². The zero-order valence-corrected chi connectivity index (χ0v) is 19.7. The molecule has 0 spiro atoms. The molecule has 0 aliphatic carbocycles. The third-order valence-electron chi connectivity index (χ3n) is 5.81. The molecule has 8 heteroatoms. The quantitative estimate of drug-likeness (QED) is 0.399. The molecule has 2 amide bonds. The number of benzene rings is 2. The highest BCUT2D eigenvalue weighted by molar-refractivity contribution is 5.94. The molecule has 176 valence electrons. The number of rotatable bonds is 9. The monoisotopic (exact) mass is 459 g/mol. The van der Waals surface area contributed by atoms with Crippen molar-refractivity contribution in [2.45, 2.75) is 40.2 Å². The van der Waals surface area contributed by atoms with E-state index in [0.717, 1.165) is 22.0 Å². The van der Waals surface area contributed by atoms with Crippen LogP contribution in [0.3, 0.4) is 0 Å². The fourth-order valence-corrected chi connectivity index (χ4v) is 3.85. The number of nitrogens with one attached hydrogen (secondary N) is 1. The van der Waals surface area contributed by atoms with Gasteiger partial charge in [0, 0.05) is 54.3 Å². The molecule has 0 bridgehead atoms. The van der Waals surface area contributed by atoms with Gasteiger partial charge in [-0.1, -0.05) is 17.7 Å². The first-order chi connectivity index (χ1) is 16.5. The van der Waals surface area contributed by atoms with Crippen LogP contribution in [0.15, 0.2) is 59.1 Å². The Labute approximate surface area is 198 Å². The summed E-state index contributed by atoms with van der Waals surface area (Å²) < 4.78 is 7.63. The van der Waals surface area contributed by atoms with E-state index in [1.165, 1.54) is 0 Å². The predicted molar refractivity (Wildman–Crippen MR) is 131 cm³/mol. The van der Waals surface area contributed by atoms with Gasteiger partial charge in [-0.25, -0.2) is 0 Å². The summed E-state index contributed by atoms with van der Waals surface area (Å²) >= 11 is 0. The van der Waals surface area contributed by atoms with Crippen LogP contribution >= 0.6 is 0 Å². The summed E-state index contributed by atoms with van der Waals surface area (Å²) in [5.74, 6) is 0.831. The molecule has 0 aliphatic heterocycles. The van der Waals surface area contributed by atoms with E-state index >= 15 is 0 Å². The average Bonchev–Trinajstić information content (AvgIpc) is 3.46. The molecule has 0 saturated heterocycles. The third-order valence-corrected chi connectivity index (χ3v) is 5.81. The first-order valence-corrected chi connectivity index (χ1v) is 11.5. The van der Waals surface area contributed by atoms with Gasteiger partial charge in [0.15, 0.2) is 0 Å². The van der Waals surface area contributed by atoms with Gasteiger partial charge in [0.05, 0.1) is 0 Å². The largest absolute Gasteiger partial charge is 0.421 e. The van der Waals surface area contributed by atoms with Crippen molar-refractivity contribution in [1.82, 2.24) is 19.7 Å². The van der Waals surface area contributed by atoms with Gasteiger partial charge in [0.1, 0.15) is 6.54 Å². The van der Waals surface area contributed by atoms with Crippen molar-refractivity contribution in [3.8, 4) is 11.5 Å². The van der Waals surface area contributed by atoms with Gasteiger partial charge in [0.2, 0.25) is 23.6 Å². The van der Waals surface area contributed by atoms with Crippen LogP contribution in [0.25, 0.3) is 22.4 Å². The molecule has 0 aliphatic rings. The minimum Gasteiger partial charge on any atom is -0.421 e. The molecule has 4 rings (SSSR count). The summed E-state index contributed by atoms with van der Waals surface area (Å²) in [6, 6.07) is 15.5. The number of nitrogens with zero attached hydrogens (tertiary/aromatic N) is 4. The number of carbonyl (C=O) groups is 2. The highest BCUT2D eigenvalue weighted by Gasteiger charge is 2.13. The van der Waals surface area contributed by atoms with Gasteiger partial charge in [-0.05, 0) is 57.2 Å². The summed E-state index contributed by atoms with van der Waals surface area (Å²) in [5, 5.41) is 12.0. The fourth-order valence-electron chi connectivity index (χ4n) is 3.85. The molecule has 34 heavy (non-hydrogen) atoms. The average molecular weight is 460 g/mol. The second-order valence-electron chi connectivity index (χ2n) is 8.20. The van der Waals surface area contributed by atoms with Crippen molar-refractivity contribution in [2.75, 3.05) is 18.4 Å². The van der Waals surface area contributed by atoms with Crippen LogP contribution in [-0.2, 0) is 22.6 Å². The van der Waals surface area contributed by atoms with Crippen molar-refractivity contribution in [3.05, 3.63) is 66.2 Å². The Morgan fingerprint density at radius 1 is 1.03 bits per heavy atom. The van der Waals surface area contributed by atoms with Crippen molar-refractivity contribution >= 4 is 28.4 Å². The molecule has 8 nitrogen and oxygen atoms in total. The number of hydrogen-bond donors (Lipinski definition) is 1. The standard InChI is InChI=1S/C26H29N5O3/c1-4-30(5-2)25(33)17-31-15-14-20-16-21(10-11-22(20)31)27-23(32)12-13-24-28-29-26(34-24)19-8-6-18(3)7-9-19/h6-11,14-16H,4-5,12-13,17H2,1-3H3,(H,27,32). The maximum atomic E-state index is 12.5. The van der Waals surface area contributed by atoms with Crippen molar-refractivity contribution in [3.63, 3.8) is 0 Å². The lowest BCUT2D eigenvalue weighted by Crippen LogP contribution is -2.33. The lowest BCUT2D eigenvalue weighted by molar-refractivity contribution is -0.131. The number of amides is 2. The molecule has 2 heterocycles. The molecule has 1 N–H and O–H groups in total. The van der Waals surface area contributed by atoms with E-state index in [2.05, 4.69) is 15.5 Å². The lowest BCUT2D eigenvalue weighted by atomic mass is 10.1. The van der Waals surface area contributed by atoms with Crippen molar-refractivity contribution in [2.24, 2.45) is 0 Å². The number of carbonyl (C=O) groups excluding carboxylic acids is 2. The Balaban J connectivity index is 1.34. The van der Waals surface area contributed by atoms with Gasteiger partial charge in [-0.2, -0.15) is 0 Å². The van der Waals surface area contributed by atoms with Gasteiger partial charge in [-0.3, -0.25) is 9.59 Å². The summed E-state index contributed by atoms with van der Waals surface area (Å²) in [5.41, 5.74) is 3.67. The van der Waals surface area contributed by atoms with Crippen molar-refractivity contribution < 1.29 is 14.0 Å². The van der Waals surface area contributed by atoms with Crippen LogP contribution in [0.2, 0.25) is 0 Å². The van der Waals surface area contributed by atoms with E-state index in [1.54, 1.807) is 0 Å². The molecular formula is C26H29N5O3. The molecule has 0 fully saturated rings. The predicted octanol–water partition coefficient (Wildman–Crippen LogP) is 4.44. The topological polar surface area (TPSA) is 93.3 Å². The Bertz CT molecular complexity index is 1290. The van der Waals surface area contributed by atoms with E-state index in [1.807, 2.05) is 85.0 Å². The van der Waals surface area contributed by atoms with Crippen LogP contribution < -0.4 is 5.32 Å². The number of likely N-dealkylation sites (N-methyl/N-ethyl adjacent to an activating group) is 1. The first-order valence-electron chi connectivity index (χ1n) is 11.5. The smallest absolute Gasteiger partial charge is 0.247 e. The second-order valence-corrected chi connectivity index (χ2v) is 8.20. The molecule has 0 unspecified atom stereocenters. The molecule has 2 aromatic carbocycles. The summed E-state index contributed by atoms with van der Waals surface area (Å²) in [6.45, 7) is 7.66. The van der Waals surface area contributed by atoms with E-state index in [-0.39, 0.29) is 18.2 Å². The minimum absolute atomic E-state index is 0.0893. The molecule has 0 radical (unpaired) electrons. The number of fused-ring (bicyclic) bond motifs is 1. The Morgan fingerprint density at radius 3 is 2.53 bits per heavy atom. The van der Waals surface area contributed by atoms with E-state index in [0.29, 0.717) is 43.5 Å². The number of aromatic nitrogens is 3. The lowest BCUT2D eigenvalue weighted by Gasteiger charge is -2.19. The van der Waals surface area contributed by atoms with Crippen LogP contribution in [0.1, 0.15) is 31.7 Å². The Hall–Kier alpha value is -3.94. The normalized spacial score (nSPS) is 11.0. The molecule has 0 atom stereocenters. The maximum absolute atomic E-state index is 12.5. The molecular weight excluding hydrogens is 430 g/mol. The second kappa shape index (κ2) is 10.3. The van der Waals surface area contributed by atoms with Gasteiger partial charge in [0.25, 0.3) is 0 Å². The summed E-state index contributed by atoms with van der Waals surface area (Å²) in [6.07, 6.45) is 2.49. The van der Waals surface area contributed by atoms with Gasteiger partial charge in [-0.15, -0.1) is 10.2 Å². The van der Waals surface area contributed by atoms with Gasteiger partial charge >= 0.3 is 0 Å². The SMILES string of the molecule is CCN(CC)C(=O)Cn1ccc2cc(NC(=O)CCc3nnc(-c4ccc(C)cc4)o3)ccc21. The Morgan fingerprint density at radius 2 is 1.79 bits per heavy atom. The highest BCUT2D eigenvalue weighted by atomic mass is 16.4. The van der Waals surface area contributed by atoms with Crippen LogP contribution in [0, 0.1) is 6.92 Å². The zero-order valence-electron chi connectivity index (χ0n) is 19.7. The maximum Gasteiger partial charge on any atom is 0.247 e. The van der Waals surface area contributed by atoms with E-state index < -0.39 is 0 Å². The first kappa shape index (κ1) is 23.2. The summed E-state index contributed by atoms with van der Waals surface area (Å²) in [4.78, 5) is 26.7. The zero-order chi connectivity index (χ0) is 24.1. The van der Waals surface area contributed by atoms with Crippen LogP contribution in [0.4, 0.5) is 5.69 Å². The molecule has 0 saturated carbocycles. The molecule has 2 aromatic heterocycles. The number of aryl methyl sites for hydroxylation is 2. The highest BCUT2D eigenvalue weighted by Crippen LogP contribution is 2.22. The number of anilines is 1. The number of hydrogen-bond acceptors (Lipinski definition) is 5. The Kier molecular flexibility index (Phi) is 7.06. The minimum atomic E-state index is -0.134. The fraction of sp³-hybridized carbons (Fsp3) is 0.308. The van der Waals surface area contributed by atoms with Crippen molar-refractivity contribution in [1.29, 1.82) is 0 Å². The summed E-state index contributed by atoms with van der Waals surface area (Å²) in [7, 11) is 0. The molecule has 4 aromatic rings. The van der Waals surface area contributed by atoms with E-state index in [9.17, 15) is 9.59 Å². The van der Waals surface area contributed by atoms with Crippen LogP contribution in [0.5, 0.6) is 0 Å². The van der Waals surface area contributed by atoms with Gasteiger partial charge < -0.3 is 19.2 Å². The van der Waals surface area contributed by atoms with Crippen LogP contribution in [-0.4, -0.2) is 44.6 Å². The third kappa shape index (κ3) is 5.33.